The average molecular weight is 341 g/mol. The number of nitrogens with one attached hydrogen (secondary N) is 2. The molecule has 1 aliphatic rings. The topological polar surface area (TPSA) is 66.0 Å². The van der Waals surface area contributed by atoms with E-state index in [0.717, 1.165) is 51.6 Å². The highest BCUT2D eigenvalue weighted by atomic mass is 16.5. The minimum Gasteiger partial charge on any atom is -0.378 e. The Morgan fingerprint density at radius 1 is 1.33 bits per heavy atom. The fourth-order valence-corrected chi connectivity index (χ4v) is 2.97. The van der Waals surface area contributed by atoms with Crippen molar-refractivity contribution in [3.8, 4) is 0 Å². The summed E-state index contributed by atoms with van der Waals surface area (Å²) in [6.45, 7) is 14.3. The average Bonchev–Trinajstić information content (AvgIpc) is 3.01. The molecular formula is C18H36N4O2. The largest absolute Gasteiger partial charge is 0.378 e. The first kappa shape index (κ1) is 20.7. The third-order valence-corrected chi connectivity index (χ3v) is 4.34. The SMILES string of the molecule is CCNC(=NCCC(OCC)C(C)C)NC1CCN(C(=O)CC)C1. The van der Waals surface area contributed by atoms with Crippen LogP contribution < -0.4 is 10.6 Å². The molecule has 24 heavy (non-hydrogen) atoms. The molecule has 1 fully saturated rings. The quantitative estimate of drug-likeness (QED) is 0.498. The Morgan fingerprint density at radius 3 is 2.67 bits per heavy atom. The highest BCUT2D eigenvalue weighted by Crippen LogP contribution is 2.12. The van der Waals surface area contributed by atoms with Gasteiger partial charge in [0.15, 0.2) is 5.96 Å². The first-order valence-electron chi connectivity index (χ1n) is 9.45. The number of carbonyl (C=O) groups is 1. The fraction of sp³-hybridized carbons (Fsp3) is 0.889. The lowest BCUT2D eigenvalue weighted by Crippen LogP contribution is -2.45. The van der Waals surface area contributed by atoms with Gasteiger partial charge >= 0.3 is 0 Å². The van der Waals surface area contributed by atoms with E-state index in [4.69, 9.17) is 4.74 Å². The van der Waals surface area contributed by atoms with Crippen LogP contribution in [0.5, 0.6) is 0 Å². The highest BCUT2D eigenvalue weighted by molar-refractivity contribution is 5.80. The van der Waals surface area contributed by atoms with E-state index < -0.39 is 0 Å². The summed E-state index contributed by atoms with van der Waals surface area (Å²) in [5.41, 5.74) is 0. The molecule has 140 valence electrons. The fourth-order valence-electron chi connectivity index (χ4n) is 2.97. The van der Waals surface area contributed by atoms with E-state index in [1.807, 2.05) is 18.7 Å². The number of nitrogens with zero attached hydrogens (tertiary/aromatic N) is 2. The van der Waals surface area contributed by atoms with Crippen molar-refractivity contribution in [1.82, 2.24) is 15.5 Å². The molecule has 2 atom stereocenters. The second-order valence-electron chi connectivity index (χ2n) is 6.61. The summed E-state index contributed by atoms with van der Waals surface area (Å²) in [6, 6.07) is 0.283. The van der Waals surface area contributed by atoms with Gasteiger partial charge in [0.1, 0.15) is 0 Å². The van der Waals surface area contributed by atoms with Crippen LogP contribution in [0.15, 0.2) is 4.99 Å². The molecule has 2 N–H and O–H groups in total. The van der Waals surface area contributed by atoms with Crippen LogP contribution in [0.2, 0.25) is 0 Å². The van der Waals surface area contributed by atoms with E-state index in [-0.39, 0.29) is 18.1 Å². The molecule has 0 spiro atoms. The van der Waals surface area contributed by atoms with E-state index in [0.29, 0.717) is 12.3 Å². The number of hydrogen-bond donors (Lipinski definition) is 2. The maximum atomic E-state index is 11.8. The molecule has 1 heterocycles. The Bertz CT molecular complexity index is 398. The number of ether oxygens (including phenoxy) is 1. The van der Waals surface area contributed by atoms with Gasteiger partial charge in [0.05, 0.1) is 6.10 Å². The van der Waals surface area contributed by atoms with Crippen molar-refractivity contribution in [2.75, 3.05) is 32.8 Å². The predicted molar refractivity (Wildman–Crippen MR) is 99.3 cm³/mol. The second kappa shape index (κ2) is 11.3. The summed E-state index contributed by atoms with van der Waals surface area (Å²) >= 11 is 0. The first-order chi connectivity index (χ1) is 11.5. The van der Waals surface area contributed by atoms with Gasteiger partial charge in [-0.05, 0) is 32.6 Å². The number of amides is 1. The lowest BCUT2D eigenvalue weighted by molar-refractivity contribution is -0.129. The normalized spacial score (nSPS) is 19.7. The first-order valence-corrected chi connectivity index (χ1v) is 9.45. The van der Waals surface area contributed by atoms with E-state index >= 15 is 0 Å². The summed E-state index contributed by atoms with van der Waals surface area (Å²) in [5, 5.41) is 6.76. The molecule has 1 rings (SSSR count). The molecule has 0 aliphatic carbocycles. The van der Waals surface area contributed by atoms with Gasteiger partial charge in [-0.25, -0.2) is 0 Å². The maximum Gasteiger partial charge on any atom is 0.222 e. The summed E-state index contributed by atoms with van der Waals surface area (Å²) in [7, 11) is 0. The van der Waals surface area contributed by atoms with Gasteiger partial charge in [-0.1, -0.05) is 20.8 Å². The van der Waals surface area contributed by atoms with Crippen molar-refractivity contribution in [2.24, 2.45) is 10.9 Å². The molecule has 1 aliphatic heterocycles. The van der Waals surface area contributed by atoms with E-state index in [1.54, 1.807) is 0 Å². The number of hydrogen-bond acceptors (Lipinski definition) is 3. The van der Waals surface area contributed by atoms with Gasteiger partial charge in [0.25, 0.3) is 0 Å². The van der Waals surface area contributed by atoms with Gasteiger partial charge in [-0.3, -0.25) is 9.79 Å². The minimum atomic E-state index is 0.234. The van der Waals surface area contributed by atoms with E-state index in [1.165, 1.54) is 0 Å². The van der Waals surface area contributed by atoms with Crippen LogP contribution in [0.3, 0.4) is 0 Å². The smallest absolute Gasteiger partial charge is 0.222 e. The summed E-state index contributed by atoms with van der Waals surface area (Å²) in [6.07, 6.45) is 2.73. The summed E-state index contributed by atoms with van der Waals surface area (Å²) < 4.78 is 5.78. The molecular weight excluding hydrogens is 304 g/mol. The van der Waals surface area contributed by atoms with E-state index in [9.17, 15) is 4.79 Å². The number of aliphatic imine (C=N–C) groups is 1. The van der Waals surface area contributed by atoms with Crippen LogP contribution in [0, 0.1) is 5.92 Å². The minimum absolute atomic E-state index is 0.234. The Labute approximate surface area is 147 Å². The number of carbonyl (C=O) groups excluding carboxylic acids is 1. The molecule has 1 saturated heterocycles. The lowest BCUT2D eigenvalue weighted by Gasteiger charge is -2.21. The third kappa shape index (κ3) is 7.07. The highest BCUT2D eigenvalue weighted by Gasteiger charge is 2.25. The van der Waals surface area contributed by atoms with Crippen LogP contribution in [-0.4, -0.2) is 61.7 Å². The van der Waals surface area contributed by atoms with Crippen molar-refractivity contribution in [1.29, 1.82) is 0 Å². The zero-order valence-corrected chi connectivity index (χ0v) is 16.1. The molecule has 0 bridgehead atoms. The van der Waals surface area contributed by atoms with Crippen molar-refractivity contribution in [2.45, 2.75) is 66.0 Å². The predicted octanol–water partition coefficient (Wildman–Crippen LogP) is 2.00. The van der Waals surface area contributed by atoms with Crippen LogP contribution in [-0.2, 0) is 9.53 Å². The van der Waals surface area contributed by atoms with Crippen molar-refractivity contribution >= 4 is 11.9 Å². The van der Waals surface area contributed by atoms with Crippen molar-refractivity contribution in [3.63, 3.8) is 0 Å². The molecule has 6 heteroatoms. The number of likely N-dealkylation sites (tertiary alicyclic amines) is 1. The molecule has 0 aromatic rings. The van der Waals surface area contributed by atoms with Crippen LogP contribution in [0.1, 0.15) is 53.9 Å². The van der Waals surface area contributed by atoms with Gasteiger partial charge < -0.3 is 20.3 Å². The summed E-state index contributed by atoms with van der Waals surface area (Å²) in [5.74, 6) is 1.57. The number of guanidine groups is 1. The standard InChI is InChI=1S/C18H36N4O2/c1-6-17(23)22-12-10-15(13-22)21-18(19-7-2)20-11-9-16(14(4)5)24-8-3/h14-16H,6-13H2,1-5H3,(H2,19,20,21). The Morgan fingerprint density at radius 2 is 2.08 bits per heavy atom. The van der Waals surface area contributed by atoms with Crippen LogP contribution in [0.25, 0.3) is 0 Å². The van der Waals surface area contributed by atoms with E-state index in [2.05, 4.69) is 36.4 Å². The molecule has 2 unspecified atom stereocenters. The van der Waals surface area contributed by atoms with Crippen LogP contribution in [0.4, 0.5) is 0 Å². The Hall–Kier alpha value is -1.30. The molecule has 0 aromatic carbocycles. The van der Waals surface area contributed by atoms with Crippen molar-refractivity contribution < 1.29 is 9.53 Å². The van der Waals surface area contributed by atoms with Crippen LogP contribution >= 0.6 is 0 Å². The zero-order valence-electron chi connectivity index (χ0n) is 16.1. The monoisotopic (exact) mass is 340 g/mol. The van der Waals surface area contributed by atoms with Crippen molar-refractivity contribution in [3.05, 3.63) is 0 Å². The molecule has 6 nitrogen and oxygen atoms in total. The number of rotatable bonds is 9. The molecule has 0 aromatic heterocycles. The zero-order chi connectivity index (χ0) is 17.9. The summed E-state index contributed by atoms with van der Waals surface area (Å²) in [4.78, 5) is 18.4. The Balaban J connectivity index is 2.49. The van der Waals surface area contributed by atoms with Gasteiger partial charge in [-0.2, -0.15) is 0 Å². The van der Waals surface area contributed by atoms with Gasteiger partial charge in [0.2, 0.25) is 5.91 Å². The molecule has 0 radical (unpaired) electrons. The second-order valence-corrected chi connectivity index (χ2v) is 6.61. The lowest BCUT2D eigenvalue weighted by atomic mass is 10.0. The van der Waals surface area contributed by atoms with Gasteiger partial charge in [0, 0.05) is 45.2 Å². The van der Waals surface area contributed by atoms with Gasteiger partial charge in [-0.15, -0.1) is 0 Å². The maximum absolute atomic E-state index is 11.8. The molecule has 1 amide bonds. The Kier molecular flexibility index (Phi) is 9.76. The third-order valence-electron chi connectivity index (χ3n) is 4.34. The molecule has 0 saturated carbocycles.